The highest BCUT2D eigenvalue weighted by atomic mass is 19.1. The fourth-order valence-corrected chi connectivity index (χ4v) is 4.82. The fourth-order valence-electron chi connectivity index (χ4n) is 4.82. The molecular weight excluding hydrogens is 445 g/mol. The zero-order valence-electron chi connectivity index (χ0n) is 20.0. The number of methoxy groups -OCH3 is 1. The van der Waals surface area contributed by atoms with Crippen LogP contribution in [0.25, 0.3) is 10.9 Å². The molecule has 1 saturated carbocycles. The van der Waals surface area contributed by atoms with Crippen LogP contribution in [0.1, 0.15) is 53.1 Å². The third-order valence-corrected chi connectivity index (χ3v) is 6.68. The molecule has 1 atom stereocenters. The number of halogens is 1. The van der Waals surface area contributed by atoms with Crippen molar-refractivity contribution in [2.24, 2.45) is 18.9 Å². The number of hydrogen-bond donors (Lipinski definition) is 1. The maximum Gasteiger partial charge on any atom is 0.252 e. The number of rotatable bonds is 7. The van der Waals surface area contributed by atoms with Crippen LogP contribution >= 0.6 is 0 Å². The van der Waals surface area contributed by atoms with Gasteiger partial charge in [-0.15, -0.1) is 0 Å². The van der Waals surface area contributed by atoms with E-state index in [1.807, 2.05) is 12.3 Å². The average molecular weight is 474 g/mol. The van der Waals surface area contributed by atoms with E-state index in [2.05, 4.69) is 22.3 Å². The number of carbonyl (C=O) groups excluding carboxylic acids is 1. The van der Waals surface area contributed by atoms with Crippen LogP contribution in [0.2, 0.25) is 0 Å². The number of amides is 1. The molecule has 2 aromatic carbocycles. The Labute approximate surface area is 203 Å². The van der Waals surface area contributed by atoms with E-state index in [9.17, 15) is 9.18 Å². The van der Waals surface area contributed by atoms with E-state index in [0.29, 0.717) is 17.0 Å². The van der Waals surface area contributed by atoms with Gasteiger partial charge < -0.3 is 10.1 Å². The highest BCUT2D eigenvalue weighted by molar-refractivity contribution is 5.98. The van der Waals surface area contributed by atoms with Crippen LogP contribution in [0.5, 0.6) is 5.75 Å². The molecule has 35 heavy (non-hydrogen) atoms. The number of aromatic nitrogens is 4. The first kappa shape index (κ1) is 23.0. The summed E-state index contributed by atoms with van der Waals surface area (Å²) in [5.41, 5.74) is 2.54. The van der Waals surface area contributed by atoms with Crippen molar-refractivity contribution in [1.29, 1.82) is 0 Å². The molecule has 4 aromatic rings. The molecule has 180 valence electrons. The lowest BCUT2D eigenvalue weighted by molar-refractivity contribution is 0.0943. The SMILES string of the molecule is COc1ccc([C@H](NC(=O)c2ccc3cnc(CC4CC(C)C4)nc3c2)c2cnn(C)c2)cc1F. The Morgan fingerprint density at radius 1 is 1.20 bits per heavy atom. The largest absolute Gasteiger partial charge is 0.494 e. The maximum atomic E-state index is 14.5. The normalized spacial score (nSPS) is 18.2. The van der Waals surface area contributed by atoms with Gasteiger partial charge in [-0.25, -0.2) is 14.4 Å². The van der Waals surface area contributed by atoms with Gasteiger partial charge in [0.15, 0.2) is 11.6 Å². The second-order valence-corrected chi connectivity index (χ2v) is 9.45. The minimum Gasteiger partial charge on any atom is -0.494 e. The molecule has 2 heterocycles. The summed E-state index contributed by atoms with van der Waals surface area (Å²) < 4.78 is 21.2. The molecule has 0 aliphatic heterocycles. The Hall–Kier alpha value is -3.81. The van der Waals surface area contributed by atoms with Gasteiger partial charge in [0.25, 0.3) is 5.91 Å². The molecule has 1 N–H and O–H groups in total. The summed E-state index contributed by atoms with van der Waals surface area (Å²) in [6.45, 7) is 2.27. The van der Waals surface area contributed by atoms with Gasteiger partial charge in [0.05, 0.1) is 24.9 Å². The summed E-state index contributed by atoms with van der Waals surface area (Å²) in [6, 6.07) is 9.47. The number of aryl methyl sites for hydroxylation is 1. The summed E-state index contributed by atoms with van der Waals surface area (Å²) >= 11 is 0. The number of nitrogens with zero attached hydrogens (tertiary/aromatic N) is 4. The summed E-state index contributed by atoms with van der Waals surface area (Å²) in [5, 5.41) is 8.14. The number of fused-ring (bicyclic) bond motifs is 1. The highest BCUT2D eigenvalue weighted by Crippen LogP contribution is 2.35. The maximum absolute atomic E-state index is 14.5. The van der Waals surface area contributed by atoms with E-state index in [-0.39, 0.29) is 11.7 Å². The van der Waals surface area contributed by atoms with E-state index in [0.717, 1.165) is 34.6 Å². The van der Waals surface area contributed by atoms with E-state index in [1.165, 1.54) is 26.0 Å². The molecule has 0 bridgehead atoms. The smallest absolute Gasteiger partial charge is 0.252 e. The third-order valence-electron chi connectivity index (χ3n) is 6.68. The second-order valence-electron chi connectivity index (χ2n) is 9.45. The summed E-state index contributed by atoms with van der Waals surface area (Å²) in [5.74, 6) is 1.59. The predicted molar refractivity (Wildman–Crippen MR) is 131 cm³/mol. The van der Waals surface area contributed by atoms with Crippen molar-refractivity contribution in [1.82, 2.24) is 25.1 Å². The molecule has 1 aliphatic carbocycles. The predicted octanol–water partition coefficient (Wildman–Crippen LogP) is 4.62. The monoisotopic (exact) mass is 473 g/mol. The topological polar surface area (TPSA) is 81.9 Å². The van der Waals surface area contributed by atoms with Crippen molar-refractivity contribution in [2.75, 3.05) is 7.11 Å². The van der Waals surface area contributed by atoms with E-state index in [1.54, 1.807) is 48.4 Å². The van der Waals surface area contributed by atoms with Gasteiger partial charge >= 0.3 is 0 Å². The van der Waals surface area contributed by atoms with Gasteiger partial charge in [0.1, 0.15) is 5.82 Å². The van der Waals surface area contributed by atoms with Crippen LogP contribution in [-0.2, 0) is 13.5 Å². The zero-order valence-corrected chi connectivity index (χ0v) is 20.0. The van der Waals surface area contributed by atoms with Gasteiger partial charge in [-0.05, 0) is 54.5 Å². The van der Waals surface area contributed by atoms with Gasteiger partial charge in [0.2, 0.25) is 0 Å². The van der Waals surface area contributed by atoms with Crippen molar-refractivity contribution >= 4 is 16.8 Å². The Bertz CT molecular complexity index is 1380. The van der Waals surface area contributed by atoms with Crippen molar-refractivity contribution in [3.05, 3.63) is 83.3 Å². The lowest BCUT2D eigenvalue weighted by Crippen LogP contribution is -2.29. The third kappa shape index (κ3) is 4.87. The number of carbonyl (C=O) groups is 1. The first-order valence-corrected chi connectivity index (χ1v) is 11.8. The van der Waals surface area contributed by atoms with E-state index >= 15 is 0 Å². The minimum absolute atomic E-state index is 0.145. The molecule has 7 nitrogen and oxygen atoms in total. The van der Waals surface area contributed by atoms with Gasteiger partial charge in [-0.1, -0.05) is 19.1 Å². The number of benzene rings is 2. The summed E-state index contributed by atoms with van der Waals surface area (Å²) in [6.07, 6.45) is 8.57. The molecule has 1 amide bonds. The molecule has 5 rings (SSSR count). The van der Waals surface area contributed by atoms with Crippen LogP contribution in [0.3, 0.4) is 0 Å². The quantitative estimate of drug-likeness (QED) is 0.424. The van der Waals surface area contributed by atoms with Crippen molar-refractivity contribution in [3.8, 4) is 5.75 Å². The number of ether oxygens (including phenoxy) is 1. The van der Waals surface area contributed by atoms with Crippen LogP contribution in [0.15, 0.2) is 55.0 Å². The van der Waals surface area contributed by atoms with Crippen LogP contribution in [-0.4, -0.2) is 32.8 Å². The summed E-state index contributed by atoms with van der Waals surface area (Å²) in [7, 11) is 3.21. The molecule has 1 aliphatic rings. The standard InChI is InChI=1S/C27H28FN5O2/c1-16-8-17(9-16)10-25-29-13-20-5-4-19(12-23(20)31-25)27(34)32-26(21-14-30-33(2)15-21)18-6-7-24(35-3)22(28)11-18/h4-7,11-17,26H,8-10H2,1-3H3,(H,32,34)/t16?,17?,26-/m0/s1. The Morgan fingerprint density at radius 2 is 2.03 bits per heavy atom. The second kappa shape index (κ2) is 9.44. The first-order valence-electron chi connectivity index (χ1n) is 11.8. The fraction of sp³-hybridized carbons (Fsp3) is 0.333. The Morgan fingerprint density at radius 3 is 2.71 bits per heavy atom. The van der Waals surface area contributed by atoms with Crippen molar-refractivity contribution < 1.29 is 13.9 Å². The first-order chi connectivity index (χ1) is 16.9. The van der Waals surface area contributed by atoms with Crippen LogP contribution in [0.4, 0.5) is 4.39 Å². The molecule has 0 saturated heterocycles. The van der Waals surface area contributed by atoms with Gasteiger partial charge in [0, 0.05) is 42.4 Å². The zero-order chi connectivity index (χ0) is 24.5. The molecule has 0 unspecified atom stereocenters. The number of nitrogens with one attached hydrogen (secondary N) is 1. The van der Waals surface area contributed by atoms with Gasteiger partial charge in [-0.3, -0.25) is 9.48 Å². The Balaban J connectivity index is 1.41. The summed E-state index contributed by atoms with van der Waals surface area (Å²) in [4.78, 5) is 22.6. The Kier molecular flexibility index (Phi) is 6.19. The van der Waals surface area contributed by atoms with Crippen LogP contribution in [0, 0.1) is 17.7 Å². The molecule has 0 spiro atoms. The molecule has 2 aromatic heterocycles. The minimum atomic E-state index is -0.589. The number of hydrogen-bond acceptors (Lipinski definition) is 5. The van der Waals surface area contributed by atoms with Crippen molar-refractivity contribution in [3.63, 3.8) is 0 Å². The van der Waals surface area contributed by atoms with Crippen LogP contribution < -0.4 is 10.1 Å². The molecule has 8 heteroatoms. The van der Waals surface area contributed by atoms with Gasteiger partial charge in [-0.2, -0.15) is 5.10 Å². The molecular formula is C27H28FN5O2. The highest BCUT2D eigenvalue weighted by Gasteiger charge is 2.26. The average Bonchev–Trinajstić information content (AvgIpc) is 3.26. The lowest BCUT2D eigenvalue weighted by Gasteiger charge is -2.32. The van der Waals surface area contributed by atoms with Crippen molar-refractivity contribution in [2.45, 2.75) is 32.2 Å². The van der Waals surface area contributed by atoms with E-state index < -0.39 is 11.9 Å². The molecule has 1 fully saturated rings. The lowest BCUT2D eigenvalue weighted by atomic mass is 9.74. The van der Waals surface area contributed by atoms with E-state index in [4.69, 9.17) is 9.72 Å². The molecule has 0 radical (unpaired) electrons.